The van der Waals surface area contributed by atoms with Crippen LogP contribution in [0, 0.1) is 11.3 Å². The van der Waals surface area contributed by atoms with Gasteiger partial charge in [-0.2, -0.15) is 5.26 Å². The van der Waals surface area contributed by atoms with Gasteiger partial charge in [-0.25, -0.2) is 4.79 Å². The maximum absolute atomic E-state index is 12.0. The van der Waals surface area contributed by atoms with Crippen LogP contribution in [0.25, 0.3) is 6.08 Å². The second-order valence-electron chi connectivity index (χ2n) is 4.95. The third-order valence-corrected chi connectivity index (χ3v) is 3.87. The average molecular weight is 410 g/mol. The Hall–Kier alpha value is -2.52. The fraction of sp³-hybridized carbons (Fsp3) is 0.0556. The summed E-state index contributed by atoms with van der Waals surface area (Å²) in [4.78, 5) is 23.9. The molecule has 5 nitrogen and oxygen atoms in total. The van der Waals surface area contributed by atoms with E-state index in [1.807, 2.05) is 0 Å². The van der Waals surface area contributed by atoms with E-state index in [-0.39, 0.29) is 21.3 Å². The molecule has 0 unspecified atom stereocenters. The summed E-state index contributed by atoms with van der Waals surface area (Å²) in [5.41, 5.74) is 0.579. The number of carbonyl (C=O) groups is 2. The number of hydrogen-bond acceptors (Lipinski definition) is 4. The molecule has 2 rings (SSSR count). The van der Waals surface area contributed by atoms with Crippen LogP contribution in [0.4, 0.5) is 5.69 Å². The molecule has 0 saturated heterocycles. The molecule has 1 amide bonds. The third-order valence-electron chi connectivity index (χ3n) is 3.06. The number of nitrogens with one attached hydrogen (secondary N) is 1. The quantitative estimate of drug-likeness (QED) is 0.439. The molecule has 1 N–H and O–H groups in total. The van der Waals surface area contributed by atoms with Crippen LogP contribution in [0.5, 0.6) is 0 Å². The minimum absolute atomic E-state index is 0.142. The second kappa shape index (κ2) is 9.25. The Balaban J connectivity index is 2.00. The molecule has 132 valence electrons. The van der Waals surface area contributed by atoms with Gasteiger partial charge >= 0.3 is 5.97 Å². The van der Waals surface area contributed by atoms with E-state index in [1.54, 1.807) is 36.4 Å². The first-order valence-electron chi connectivity index (χ1n) is 7.19. The summed E-state index contributed by atoms with van der Waals surface area (Å²) in [7, 11) is 0. The van der Waals surface area contributed by atoms with Gasteiger partial charge in [0.2, 0.25) is 0 Å². The van der Waals surface area contributed by atoms with Crippen molar-refractivity contribution in [3.63, 3.8) is 0 Å². The van der Waals surface area contributed by atoms with Crippen molar-refractivity contribution in [2.24, 2.45) is 0 Å². The molecular formula is C18H11Cl3N2O3. The standard InChI is InChI=1S/C18H11Cl3N2O3/c19-13-7-14(20)17(15(21)8-13)23-16(24)10-26-18(25)12(9-22)6-11-4-2-1-3-5-11/h1-8H,10H2,(H,23,24)/b12-6-. The fourth-order valence-electron chi connectivity index (χ4n) is 1.90. The van der Waals surface area contributed by atoms with Crippen molar-refractivity contribution in [1.82, 2.24) is 0 Å². The predicted molar refractivity (Wildman–Crippen MR) is 101 cm³/mol. The Labute approximate surface area is 164 Å². The maximum atomic E-state index is 12.0. The van der Waals surface area contributed by atoms with Gasteiger partial charge < -0.3 is 10.1 Å². The highest BCUT2D eigenvalue weighted by Crippen LogP contribution is 2.33. The number of amides is 1. The van der Waals surface area contributed by atoms with Gasteiger partial charge in [-0.1, -0.05) is 65.1 Å². The van der Waals surface area contributed by atoms with Crippen LogP contribution in [0.2, 0.25) is 15.1 Å². The summed E-state index contributed by atoms with van der Waals surface area (Å²) < 4.78 is 4.85. The molecular weight excluding hydrogens is 399 g/mol. The van der Waals surface area contributed by atoms with Crippen LogP contribution in [0.3, 0.4) is 0 Å². The van der Waals surface area contributed by atoms with Gasteiger partial charge in [-0.3, -0.25) is 4.79 Å². The van der Waals surface area contributed by atoms with E-state index >= 15 is 0 Å². The topological polar surface area (TPSA) is 79.2 Å². The summed E-state index contributed by atoms with van der Waals surface area (Å²) in [6.07, 6.45) is 1.37. The molecule has 0 aliphatic heterocycles. The highest BCUT2D eigenvalue weighted by atomic mass is 35.5. The van der Waals surface area contributed by atoms with E-state index in [9.17, 15) is 9.59 Å². The summed E-state index contributed by atoms with van der Waals surface area (Å²) in [6.45, 7) is -0.609. The molecule has 8 heteroatoms. The Morgan fingerprint density at radius 1 is 1.12 bits per heavy atom. The summed E-state index contributed by atoms with van der Waals surface area (Å²) in [6, 6.07) is 13.3. The summed E-state index contributed by atoms with van der Waals surface area (Å²) in [5, 5.41) is 12.1. The fourth-order valence-corrected chi connectivity index (χ4v) is 2.81. The molecule has 26 heavy (non-hydrogen) atoms. The lowest BCUT2D eigenvalue weighted by atomic mass is 10.1. The highest BCUT2D eigenvalue weighted by molar-refractivity contribution is 6.42. The van der Waals surface area contributed by atoms with E-state index in [1.165, 1.54) is 18.2 Å². The smallest absolute Gasteiger partial charge is 0.349 e. The van der Waals surface area contributed by atoms with Crippen molar-refractivity contribution in [2.75, 3.05) is 11.9 Å². The number of carbonyl (C=O) groups excluding carboxylic acids is 2. The normalized spacial score (nSPS) is 10.8. The number of nitriles is 1. The molecule has 0 saturated carbocycles. The predicted octanol–water partition coefficient (Wildman–Crippen LogP) is 4.74. The Morgan fingerprint density at radius 2 is 1.73 bits per heavy atom. The number of benzene rings is 2. The Morgan fingerprint density at radius 3 is 2.31 bits per heavy atom. The van der Waals surface area contributed by atoms with Gasteiger partial charge in [0, 0.05) is 5.02 Å². The van der Waals surface area contributed by atoms with Crippen molar-refractivity contribution < 1.29 is 14.3 Å². The SMILES string of the molecule is N#C/C(=C/c1ccccc1)C(=O)OCC(=O)Nc1c(Cl)cc(Cl)cc1Cl. The average Bonchev–Trinajstić information content (AvgIpc) is 2.61. The van der Waals surface area contributed by atoms with Crippen LogP contribution < -0.4 is 5.32 Å². The largest absolute Gasteiger partial charge is 0.451 e. The van der Waals surface area contributed by atoms with E-state index < -0.39 is 18.5 Å². The molecule has 0 spiro atoms. The van der Waals surface area contributed by atoms with Crippen LogP contribution in [0.15, 0.2) is 48.0 Å². The molecule has 0 atom stereocenters. The number of rotatable bonds is 5. The number of esters is 1. The van der Waals surface area contributed by atoms with Crippen LogP contribution in [0.1, 0.15) is 5.56 Å². The molecule has 0 heterocycles. The van der Waals surface area contributed by atoms with Gasteiger partial charge in [0.25, 0.3) is 5.91 Å². The Kier molecular flexibility index (Phi) is 7.05. The zero-order chi connectivity index (χ0) is 19.1. The van der Waals surface area contributed by atoms with Crippen molar-refractivity contribution in [1.29, 1.82) is 5.26 Å². The third kappa shape index (κ3) is 5.50. The highest BCUT2D eigenvalue weighted by Gasteiger charge is 2.15. The van der Waals surface area contributed by atoms with Gasteiger partial charge in [-0.05, 0) is 23.8 Å². The first kappa shape index (κ1) is 19.8. The molecule has 0 aliphatic carbocycles. The van der Waals surface area contributed by atoms with Gasteiger partial charge in [0.05, 0.1) is 15.7 Å². The lowest BCUT2D eigenvalue weighted by Gasteiger charge is -2.10. The van der Waals surface area contributed by atoms with E-state index in [4.69, 9.17) is 44.8 Å². The molecule has 0 bridgehead atoms. The van der Waals surface area contributed by atoms with Crippen LogP contribution in [-0.4, -0.2) is 18.5 Å². The van der Waals surface area contributed by atoms with Gasteiger partial charge in [0.1, 0.15) is 11.6 Å². The minimum atomic E-state index is -0.917. The molecule has 0 fully saturated rings. The van der Waals surface area contributed by atoms with Crippen molar-refractivity contribution >= 4 is 58.4 Å². The molecule has 0 aromatic heterocycles. The molecule has 2 aromatic carbocycles. The maximum Gasteiger partial charge on any atom is 0.349 e. The first-order valence-corrected chi connectivity index (χ1v) is 8.32. The summed E-state index contributed by atoms with van der Waals surface area (Å²) in [5.74, 6) is -1.58. The van der Waals surface area contributed by atoms with Crippen molar-refractivity contribution in [3.05, 3.63) is 68.7 Å². The second-order valence-corrected chi connectivity index (χ2v) is 6.20. The van der Waals surface area contributed by atoms with Gasteiger partial charge in [-0.15, -0.1) is 0 Å². The van der Waals surface area contributed by atoms with Crippen LogP contribution >= 0.6 is 34.8 Å². The zero-order valence-electron chi connectivity index (χ0n) is 13.1. The van der Waals surface area contributed by atoms with E-state index in [0.29, 0.717) is 10.6 Å². The first-order chi connectivity index (χ1) is 12.4. The number of halogens is 3. The zero-order valence-corrected chi connectivity index (χ0v) is 15.4. The number of nitrogens with zero attached hydrogens (tertiary/aromatic N) is 1. The van der Waals surface area contributed by atoms with Gasteiger partial charge in [0.15, 0.2) is 6.61 Å². The van der Waals surface area contributed by atoms with E-state index in [0.717, 1.165) is 0 Å². The van der Waals surface area contributed by atoms with Crippen molar-refractivity contribution in [2.45, 2.75) is 0 Å². The van der Waals surface area contributed by atoms with E-state index in [2.05, 4.69) is 5.32 Å². The lowest BCUT2D eigenvalue weighted by Crippen LogP contribution is -2.21. The lowest BCUT2D eigenvalue weighted by molar-refractivity contribution is -0.142. The molecule has 0 radical (unpaired) electrons. The molecule has 0 aliphatic rings. The number of anilines is 1. The van der Waals surface area contributed by atoms with Crippen molar-refractivity contribution in [3.8, 4) is 6.07 Å². The Bertz CT molecular complexity index is 883. The monoisotopic (exact) mass is 408 g/mol. The molecule has 2 aromatic rings. The minimum Gasteiger partial charge on any atom is -0.451 e. The number of ether oxygens (including phenoxy) is 1. The number of hydrogen-bond donors (Lipinski definition) is 1. The van der Waals surface area contributed by atoms with Crippen LogP contribution in [-0.2, 0) is 14.3 Å². The summed E-state index contributed by atoms with van der Waals surface area (Å²) >= 11 is 17.7.